The first-order chi connectivity index (χ1) is 7.75. The fraction of sp³-hybridized carbons (Fsp3) is 0.167. The third-order valence-electron chi connectivity index (χ3n) is 2.16. The maximum absolute atomic E-state index is 4.17. The Labute approximate surface area is 95.0 Å². The van der Waals surface area contributed by atoms with Gasteiger partial charge in [-0.1, -0.05) is 18.2 Å². The van der Waals surface area contributed by atoms with Crippen LogP contribution in [-0.4, -0.2) is 24.1 Å². The van der Waals surface area contributed by atoms with Crippen molar-refractivity contribution in [1.29, 1.82) is 0 Å². The molecule has 0 aliphatic carbocycles. The van der Waals surface area contributed by atoms with Gasteiger partial charge in [-0.3, -0.25) is 0 Å². The van der Waals surface area contributed by atoms with Gasteiger partial charge in [-0.05, 0) is 12.1 Å². The Bertz CT molecular complexity index is 454. The van der Waals surface area contributed by atoms with Crippen molar-refractivity contribution in [3.05, 3.63) is 42.7 Å². The first-order valence-electron chi connectivity index (χ1n) is 5.07. The molecule has 0 amide bonds. The van der Waals surface area contributed by atoms with Gasteiger partial charge in [0, 0.05) is 25.8 Å². The Morgan fingerprint density at radius 1 is 1.06 bits per heavy atom. The van der Waals surface area contributed by atoms with Crippen molar-refractivity contribution in [2.24, 2.45) is 0 Å². The Morgan fingerprint density at radius 2 is 1.81 bits per heavy atom. The molecule has 4 nitrogen and oxygen atoms in total. The van der Waals surface area contributed by atoms with Gasteiger partial charge >= 0.3 is 0 Å². The summed E-state index contributed by atoms with van der Waals surface area (Å²) in [6, 6.07) is 11.9. The van der Waals surface area contributed by atoms with E-state index in [0.717, 1.165) is 17.3 Å². The first-order valence-corrected chi connectivity index (χ1v) is 5.07. The lowest BCUT2D eigenvalue weighted by Crippen LogP contribution is -2.11. The third-order valence-corrected chi connectivity index (χ3v) is 2.16. The zero-order chi connectivity index (χ0) is 11.4. The Balaban J connectivity index is 2.19. The number of aromatic nitrogens is 2. The maximum Gasteiger partial charge on any atom is 0.135 e. The van der Waals surface area contributed by atoms with Gasteiger partial charge in [0.25, 0.3) is 0 Å². The second-order valence-electron chi connectivity index (χ2n) is 3.65. The molecule has 0 atom stereocenters. The molecule has 0 saturated heterocycles. The van der Waals surface area contributed by atoms with Crippen LogP contribution in [0.4, 0.5) is 17.3 Å². The standard InChI is InChI=1S/C12H14N4/c1-16(2)12-8-11(13-9-14-12)15-10-6-4-3-5-7-10/h3-9H,1-2H3,(H,13,14,15). The molecule has 0 aliphatic rings. The van der Waals surface area contributed by atoms with E-state index in [-0.39, 0.29) is 0 Å². The maximum atomic E-state index is 4.17. The number of nitrogens with one attached hydrogen (secondary N) is 1. The minimum atomic E-state index is 0.796. The van der Waals surface area contributed by atoms with E-state index in [4.69, 9.17) is 0 Å². The van der Waals surface area contributed by atoms with Crippen molar-refractivity contribution in [3.63, 3.8) is 0 Å². The minimum Gasteiger partial charge on any atom is -0.363 e. The normalized spacial score (nSPS) is 9.88. The van der Waals surface area contributed by atoms with E-state index in [2.05, 4.69) is 15.3 Å². The van der Waals surface area contributed by atoms with Crippen LogP contribution in [0.2, 0.25) is 0 Å². The number of nitrogens with zero attached hydrogens (tertiary/aromatic N) is 3. The Morgan fingerprint density at radius 3 is 2.50 bits per heavy atom. The fourth-order valence-corrected chi connectivity index (χ4v) is 1.33. The largest absolute Gasteiger partial charge is 0.363 e. The number of anilines is 3. The molecule has 2 rings (SSSR count). The van der Waals surface area contributed by atoms with E-state index in [1.54, 1.807) is 6.33 Å². The molecule has 16 heavy (non-hydrogen) atoms. The van der Waals surface area contributed by atoms with Crippen LogP contribution in [0.5, 0.6) is 0 Å². The van der Waals surface area contributed by atoms with Crippen molar-refractivity contribution in [2.45, 2.75) is 0 Å². The van der Waals surface area contributed by atoms with E-state index >= 15 is 0 Å². The molecule has 1 heterocycles. The molecular weight excluding hydrogens is 200 g/mol. The molecule has 0 fully saturated rings. The molecule has 1 aromatic heterocycles. The quantitative estimate of drug-likeness (QED) is 0.851. The van der Waals surface area contributed by atoms with E-state index in [9.17, 15) is 0 Å². The average molecular weight is 214 g/mol. The highest BCUT2D eigenvalue weighted by Crippen LogP contribution is 2.16. The minimum absolute atomic E-state index is 0.796. The molecule has 1 aromatic carbocycles. The number of para-hydroxylation sites is 1. The Kier molecular flexibility index (Phi) is 3.00. The molecule has 0 aliphatic heterocycles. The monoisotopic (exact) mass is 214 g/mol. The lowest BCUT2D eigenvalue weighted by molar-refractivity contribution is 1.04. The molecule has 0 bridgehead atoms. The van der Waals surface area contributed by atoms with Crippen LogP contribution in [0.25, 0.3) is 0 Å². The van der Waals surface area contributed by atoms with Gasteiger partial charge in [-0.25, -0.2) is 9.97 Å². The van der Waals surface area contributed by atoms with E-state index in [1.807, 2.05) is 55.4 Å². The second-order valence-corrected chi connectivity index (χ2v) is 3.65. The fourth-order valence-electron chi connectivity index (χ4n) is 1.33. The number of hydrogen-bond acceptors (Lipinski definition) is 4. The highest BCUT2D eigenvalue weighted by molar-refractivity contribution is 5.58. The highest BCUT2D eigenvalue weighted by atomic mass is 15.2. The molecular formula is C12H14N4. The third kappa shape index (κ3) is 2.48. The van der Waals surface area contributed by atoms with Gasteiger partial charge in [0.15, 0.2) is 0 Å². The van der Waals surface area contributed by atoms with Gasteiger partial charge < -0.3 is 10.2 Å². The predicted molar refractivity (Wildman–Crippen MR) is 66.1 cm³/mol. The van der Waals surface area contributed by atoms with Gasteiger partial charge in [-0.15, -0.1) is 0 Å². The molecule has 0 spiro atoms. The van der Waals surface area contributed by atoms with Crippen molar-refractivity contribution in [1.82, 2.24) is 9.97 Å². The SMILES string of the molecule is CN(C)c1cc(Nc2ccccc2)ncn1. The second kappa shape index (κ2) is 4.61. The highest BCUT2D eigenvalue weighted by Gasteiger charge is 2.00. The predicted octanol–water partition coefficient (Wildman–Crippen LogP) is 2.29. The van der Waals surface area contributed by atoms with Gasteiger partial charge in [0.2, 0.25) is 0 Å². The van der Waals surface area contributed by atoms with E-state index in [0.29, 0.717) is 0 Å². The van der Waals surface area contributed by atoms with Crippen LogP contribution in [0.3, 0.4) is 0 Å². The summed E-state index contributed by atoms with van der Waals surface area (Å²) in [5.41, 5.74) is 1.02. The van der Waals surface area contributed by atoms with Crippen LogP contribution in [0.1, 0.15) is 0 Å². The first kappa shape index (κ1) is 10.4. The molecule has 1 N–H and O–H groups in total. The summed E-state index contributed by atoms with van der Waals surface area (Å²) < 4.78 is 0. The average Bonchev–Trinajstić information content (AvgIpc) is 2.30. The summed E-state index contributed by atoms with van der Waals surface area (Å²) in [7, 11) is 3.91. The van der Waals surface area contributed by atoms with Crippen molar-refractivity contribution < 1.29 is 0 Å². The van der Waals surface area contributed by atoms with Crippen molar-refractivity contribution in [2.75, 3.05) is 24.3 Å². The zero-order valence-electron chi connectivity index (χ0n) is 9.38. The van der Waals surface area contributed by atoms with Crippen LogP contribution in [0, 0.1) is 0 Å². The summed E-state index contributed by atoms with van der Waals surface area (Å²) in [6.07, 6.45) is 1.56. The summed E-state index contributed by atoms with van der Waals surface area (Å²) >= 11 is 0. The molecule has 0 unspecified atom stereocenters. The number of rotatable bonds is 3. The zero-order valence-corrected chi connectivity index (χ0v) is 9.38. The van der Waals surface area contributed by atoms with Crippen molar-refractivity contribution >= 4 is 17.3 Å². The Hall–Kier alpha value is -2.10. The van der Waals surface area contributed by atoms with E-state index < -0.39 is 0 Å². The molecule has 0 saturated carbocycles. The van der Waals surface area contributed by atoms with Crippen molar-refractivity contribution in [3.8, 4) is 0 Å². The van der Waals surface area contributed by atoms with Gasteiger partial charge in [-0.2, -0.15) is 0 Å². The van der Waals surface area contributed by atoms with Crippen LogP contribution >= 0.6 is 0 Å². The smallest absolute Gasteiger partial charge is 0.135 e. The van der Waals surface area contributed by atoms with Crippen LogP contribution in [-0.2, 0) is 0 Å². The number of benzene rings is 1. The molecule has 82 valence electrons. The van der Waals surface area contributed by atoms with Crippen LogP contribution < -0.4 is 10.2 Å². The lowest BCUT2D eigenvalue weighted by Gasteiger charge is -2.12. The summed E-state index contributed by atoms with van der Waals surface area (Å²) in [6.45, 7) is 0. The van der Waals surface area contributed by atoms with Gasteiger partial charge in [0.1, 0.15) is 18.0 Å². The van der Waals surface area contributed by atoms with Gasteiger partial charge in [0.05, 0.1) is 0 Å². The number of hydrogen-bond donors (Lipinski definition) is 1. The summed E-state index contributed by atoms with van der Waals surface area (Å²) in [5, 5.41) is 3.22. The summed E-state index contributed by atoms with van der Waals surface area (Å²) in [4.78, 5) is 10.3. The molecule has 4 heteroatoms. The molecule has 0 radical (unpaired) electrons. The summed E-state index contributed by atoms with van der Waals surface area (Å²) in [5.74, 6) is 1.68. The van der Waals surface area contributed by atoms with Crippen LogP contribution in [0.15, 0.2) is 42.7 Å². The lowest BCUT2D eigenvalue weighted by atomic mass is 10.3. The topological polar surface area (TPSA) is 41.0 Å². The van der Waals surface area contributed by atoms with E-state index in [1.165, 1.54) is 0 Å². The molecule has 2 aromatic rings.